The molecule has 1 saturated carbocycles. The van der Waals surface area contributed by atoms with Crippen molar-refractivity contribution in [1.82, 2.24) is 20.4 Å². The molecule has 2 spiro atoms. The monoisotopic (exact) mass is 613 g/mol. The van der Waals surface area contributed by atoms with E-state index in [9.17, 15) is 24.6 Å². The number of benzene rings is 2. The number of amides is 4. The Morgan fingerprint density at radius 1 is 1.04 bits per heavy atom. The highest BCUT2D eigenvalue weighted by Crippen LogP contribution is 2.55. The molecule has 45 heavy (non-hydrogen) atoms. The van der Waals surface area contributed by atoms with Crippen LogP contribution in [0, 0.1) is 0 Å². The minimum Gasteiger partial charge on any atom is -0.370 e. The van der Waals surface area contributed by atoms with E-state index in [1.54, 1.807) is 30.3 Å². The zero-order valence-electron chi connectivity index (χ0n) is 24.5. The minimum atomic E-state index is -2.64. The lowest BCUT2D eigenvalue weighted by molar-refractivity contribution is -0.230. The van der Waals surface area contributed by atoms with Gasteiger partial charge >= 0.3 is 6.03 Å². The molecule has 0 aromatic heterocycles. The summed E-state index contributed by atoms with van der Waals surface area (Å²) in [4.78, 5) is 53.1. The number of nitrogens with two attached hydrogens (primary N) is 2. The maximum absolute atomic E-state index is 13.8. The fourth-order valence-electron chi connectivity index (χ4n) is 8.16. The molecular formula is C31H35N9O5. The number of para-hydroxylation sites is 1. The van der Waals surface area contributed by atoms with Crippen molar-refractivity contribution in [3.05, 3.63) is 65.2 Å². The van der Waals surface area contributed by atoms with E-state index >= 15 is 0 Å². The number of nitrogens with one attached hydrogen (secondary N) is 2. The fraction of sp³-hybridized carbons (Fsp3) is 0.452. The van der Waals surface area contributed by atoms with E-state index in [4.69, 9.17) is 11.5 Å². The molecule has 1 unspecified atom stereocenters. The summed E-state index contributed by atoms with van der Waals surface area (Å²) < 4.78 is 0. The Morgan fingerprint density at radius 3 is 2.58 bits per heavy atom. The van der Waals surface area contributed by atoms with E-state index in [2.05, 4.69) is 26.7 Å². The smallest absolute Gasteiger partial charge is 0.331 e. The van der Waals surface area contributed by atoms with Gasteiger partial charge in [0, 0.05) is 17.8 Å². The van der Waals surface area contributed by atoms with Crippen LogP contribution in [-0.4, -0.2) is 99.0 Å². The van der Waals surface area contributed by atoms with Crippen molar-refractivity contribution in [2.75, 3.05) is 24.5 Å². The van der Waals surface area contributed by atoms with Crippen molar-refractivity contribution in [1.29, 1.82) is 0 Å². The predicted molar refractivity (Wildman–Crippen MR) is 163 cm³/mol. The molecule has 2 aromatic rings. The number of hydrogen-bond donors (Lipinski definition) is 6. The molecule has 2 aromatic carbocycles. The summed E-state index contributed by atoms with van der Waals surface area (Å²) in [5.74, 6) is -3.64. The molecule has 8 rings (SSSR count). The van der Waals surface area contributed by atoms with Gasteiger partial charge in [-0.2, -0.15) is 0 Å². The van der Waals surface area contributed by atoms with E-state index in [1.165, 1.54) is 15.4 Å². The molecule has 3 fully saturated rings. The van der Waals surface area contributed by atoms with Crippen LogP contribution < -0.4 is 27.0 Å². The van der Waals surface area contributed by atoms with Gasteiger partial charge in [-0.25, -0.2) is 14.8 Å². The number of anilines is 1. The second kappa shape index (κ2) is 9.41. The number of rotatable bonds is 5. The Bertz CT molecular complexity index is 1690. The third-order valence-electron chi connectivity index (χ3n) is 10.5. The number of guanidine groups is 2. The van der Waals surface area contributed by atoms with Crippen LogP contribution in [-0.2, 0) is 16.6 Å². The first kappa shape index (κ1) is 27.8. The van der Waals surface area contributed by atoms with Crippen molar-refractivity contribution in [3.8, 4) is 0 Å². The molecule has 2 saturated heterocycles. The van der Waals surface area contributed by atoms with Gasteiger partial charge in [-0.05, 0) is 66.8 Å². The summed E-state index contributed by atoms with van der Waals surface area (Å²) in [6.07, 6.45) is 5.15. The van der Waals surface area contributed by atoms with Crippen molar-refractivity contribution in [2.45, 2.75) is 67.1 Å². The van der Waals surface area contributed by atoms with Gasteiger partial charge in [-0.1, -0.05) is 30.3 Å². The lowest BCUT2D eigenvalue weighted by atomic mass is 9.78. The normalized spacial score (nSPS) is 30.4. The number of carbonyl (C=O) groups is 3. The number of aliphatic imine (C=N–C) groups is 2. The number of imide groups is 1. The van der Waals surface area contributed by atoms with Crippen LogP contribution >= 0.6 is 0 Å². The van der Waals surface area contributed by atoms with Crippen molar-refractivity contribution >= 4 is 35.5 Å². The first-order valence-electron chi connectivity index (χ1n) is 15.3. The molecule has 2 aliphatic carbocycles. The van der Waals surface area contributed by atoms with Crippen LogP contribution in [0.5, 0.6) is 0 Å². The zero-order chi connectivity index (χ0) is 31.3. The molecule has 6 aliphatic rings. The average Bonchev–Trinajstić information content (AvgIpc) is 3.53. The summed E-state index contributed by atoms with van der Waals surface area (Å²) in [5, 5.41) is 29.6. The lowest BCUT2D eigenvalue weighted by Gasteiger charge is -2.49. The average molecular weight is 614 g/mol. The summed E-state index contributed by atoms with van der Waals surface area (Å²) in [7, 11) is 0. The van der Waals surface area contributed by atoms with Gasteiger partial charge in [-0.3, -0.25) is 19.4 Å². The number of aliphatic hydroxyl groups is 2. The molecule has 14 heteroatoms. The highest BCUT2D eigenvalue weighted by molar-refractivity contribution is 6.12. The topological polar surface area (TPSA) is 202 Å². The SMILES string of the molecule is NC1=N[C@H]2[C@H](CN3C(=O)CN(c4ccccc4)C3=O)N=C(N)N3CC(NC(=O)c4cccc5c4CCCC54CC4)C(O)(O)[C@]23N1. The van der Waals surface area contributed by atoms with Crippen molar-refractivity contribution in [2.24, 2.45) is 21.5 Å². The molecule has 14 nitrogen and oxygen atoms in total. The Labute approximate surface area is 258 Å². The van der Waals surface area contributed by atoms with E-state index in [1.807, 2.05) is 12.1 Å². The second-order valence-corrected chi connectivity index (χ2v) is 12.9. The van der Waals surface area contributed by atoms with Gasteiger partial charge in [0.05, 0.1) is 12.6 Å². The summed E-state index contributed by atoms with van der Waals surface area (Å²) in [5.41, 5.74) is 14.3. The minimum absolute atomic E-state index is 0.0651. The molecule has 4 amide bonds. The summed E-state index contributed by atoms with van der Waals surface area (Å²) >= 11 is 0. The predicted octanol–water partition coefficient (Wildman–Crippen LogP) is -0.702. The Kier molecular flexibility index (Phi) is 5.82. The largest absolute Gasteiger partial charge is 0.370 e. The van der Waals surface area contributed by atoms with Gasteiger partial charge < -0.3 is 37.2 Å². The lowest BCUT2D eigenvalue weighted by Crippen LogP contribution is -2.78. The molecule has 0 radical (unpaired) electrons. The van der Waals surface area contributed by atoms with Crippen LogP contribution in [0.1, 0.15) is 47.2 Å². The number of nitrogens with zero attached hydrogens (tertiary/aromatic N) is 5. The van der Waals surface area contributed by atoms with Gasteiger partial charge in [0.1, 0.15) is 18.6 Å². The van der Waals surface area contributed by atoms with Crippen LogP contribution in [0.15, 0.2) is 58.5 Å². The van der Waals surface area contributed by atoms with Crippen molar-refractivity contribution in [3.63, 3.8) is 0 Å². The van der Waals surface area contributed by atoms with Crippen molar-refractivity contribution < 1.29 is 24.6 Å². The quantitative estimate of drug-likeness (QED) is 0.186. The van der Waals surface area contributed by atoms with Crippen LogP contribution in [0.2, 0.25) is 0 Å². The molecule has 234 valence electrons. The zero-order valence-corrected chi connectivity index (χ0v) is 24.5. The Hall–Kier alpha value is -4.69. The van der Waals surface area contributed by atoms with Gasteiger partial charge in [-0.15, -0.1) is 0 Å². The van der Waals surface area contributed by atoms with E-state index in [0.717, 1.165) is 42.6 Å². The molecule has 4 aliphatic heterocycles. The molecule has 4 heterocycles. The highest BCUT2D eigenvalue weighted by atomic mass is 16.5. The molecule has 8 N–H and O–H groups in total. The Morgan fingerprint density at radius 2 is 1.82 bits per heavy atom. The standard InChI is InChI=1S/C31H35N9O5/c32-26-36-24-21(14-39-23(41)16-38(28(39)43)17-6-2-1-3-7-17)34-27(33)40-15-22(31(44,45)30(24,40)37-26)35-25(42)19-8-4-10-20-18(19)9-5-11-29(20)12-13-29/h1-4,6-8,10,21-22,24,44-45H,5,9,11-16H2,(H2,33,34)(H,35,42)(H3,32,36,37)/t21-,22?,24-,30-/m0/s1. The second-order valence-electron chi connectivity index (χ2n) is 12.9. The maximum atomic E-state index is 13.8. The summed E-state index contributed by atoms with van der Waals surface area (Å²) in [6, 6.07) is 10.8. The third-order valence-corrected chi connectivity index (χ3v) is 10.5. The molecule has 4 atom stereocenters. The Balaban J connectivity index is 1.07. The van der Waals surface area contributed by atoms with Crippen LogP contribution in [0.3, 0.4) is 0 Å². The van der Waals surface area contributed by atoms with E-state index in [0.29, 0.717) is 11.3 Å². The first-order chi connectivity index (χ1) is 21.6. The fourth-order valence-corrected chi connectivity index (χ4v) is 8.16. The van der Waals surface area contributed by atoms with E-state index < -0.39 is 47.4 Å². The van der Waals surface area contributed by atoms with Gasteiger partial charge in [0.15, 0.2) is 17.6 Å². The maximum Gasteiger partial charge on any atom is 0.331 e. The number of hydrogen-bond acceptors (Lipinski definition) is 11. The van der Waals surface area contributed by atoms with Gasteiger partial charge in [0.2, 0.25) is 5.79 Å². The number of carbonyl (C=O) groups excluding carboxylic acids is 3. The number of fused-ring (bicyclic) bond motifs is 2. The van der Waals surface area contributed by atoms with E-state index in [-0.39, 0.29) is 37.0 Å². The van der Waals surface area contributed by atoms with Crippen LogP contribution in [0.25, 0.3) is 0 Å². The molecule has 0 bridgehead atoms. The molecular weight excluding hydrogens is 578 g/mol. The summed E-state index contributed by atoms with van der Waals surface area (Å²) in [6.45, 7) is -0.469. The third kappa shape index (κ3) is 3.84. The van der Waals surface area contributed by atoms with Gasteiger partial charge in [0.25, 0.3) is 11.8 Å². The number of urea groups is 1. The van der Waals surface area contributed by atoms with Crippen LogP contribution in [0.4, 0.5) is 10.5 Å². The first-order valence-corrected chi connectivity index (χ1v) is 15.3. The highest BCUT2D eigenvalue weighted by Gasteiger charge is 2.73.